The molecule has 1 aliphatic rings. The zero-order valence-corrected chi connectivity index (χ0v) is 24.4. The normalized spacial score (nSPS) is 16.5. The number of nitrogens with zero attached hydrogens (tertiary/aromatic N) is 3. The molecular weight excluding hydrogens is 516 g/mol. The van der Waals surface area contributed by atoms with Crippen LogP contribution in [0.25, 0.3) is 22.4 Å². The van der Waals surface area contributed by atoms with E-state index < -0.39 is 23.2 Å². The number of nitrogens with one attached hydrogen (secondary N) is 1. The summed E-state index contributed by atoms with van der Waals surface area (Å²) in [6, 6.07) is 6.68. The van der Waals surface area contributed by atoms with E-state index in [2.05, 4.69) is 10.3 Å². The first-order valence-electron chi connectivity index (χ1n) is 13.2. The summed E-state index contributed by atoms with van der Waals surface area (Å²) in [6.45, 7) is 11.9. The molecule has 3 aromatic rings. The number of ether oxygens (including phenoxy) is 4. The minimum Gasteiger partial charge on any atom is -0.497 e. The first-order valence-corrected chi connectivity index (χ1v) is 13.2. The molecule has 2 aromatic heterocycles. The number of aromatic nitrogens is 2. The van der Waals surface area contributed by atoms with Crippen molar-refractivity contribution in [2.45, 2.75) is 65.7 Å². The Labute approximate surface area is 234 Å². The van der Waals surface area contributed by atoms with Crippen molar-refractivity contribution in [3.63, 3.8) is 0 Å². The number of likely N-dealkylation sites (tertiary alicyclic amines) is 1. The molecule has 3 heterocycles. The molecule has 0 bridgehead atoms. The number of hydrogen-bond acceptors (Lipinski definition) is 9. The number of oxazole rings is 1. The van der Waals surface area contributed by atoms with Crippen LogP contribution in [0, 0.1) is 5.41 Å². The Kier molecular flexibility index (Phi) is 8.13. The lowest BCUT2D eigenvalue weighted by molar-refractivity contribution is -0.135. The van der Waals surface area contributed by atoms with Gasteiger partial charge in [0, 0.05) is 18.4 Å². The lowest BCUT2D eigenvalue weighted by Crippen LogP contribution is -2.55. The van der Waals surface area contributed by atoms with Crippen molar-refractivity contribution < 1.29 is 33.0 Å². The Hall–Kier alpha value is -4.02. The Morgan fingerprint density at radius 2 is 1.85 bits per heavy atom. The second kappa shape index (κ2) is 11.2. The number of carbonyl (C=O) groups excluding carboxylic acids is 2. The molecule has 0 radical (unpaired) electrons. The number of alkyl carbamates (subject to hydrolysis) is 1. The van der Waals surface area contributed by atoms with Gasteiger partial charge in [0.2, 0.25) is 17.7 Å². The predicted molar refractivity (Wildman–Crippen MR) is 149 cm³/mol. The predicted octanol–water partition coefficient (Wildman–Crippen LogP) is 4.83. The summed E-state index contributed by atoms with van der Waals surface area (Å²) in [5, 5.41) is 4.39. The van der Waals surface area contributed by atoms with Crippen LogP contribution < -0.4 is 19.5 Å². The quantitative estimate of drug-likeness (QED) is 0.437. The molecule has 1 saturated heterocycles. The fraction of sp³-hybridized carbons (Fsp3) is 0.517. The zero-order chi connectivity index (χ0) is 29.2. The van der Waals surface area contributed by atoms with Crippen LogP contribution in [0.2, 0.25) is 0 Å². The molecule has 0 aliphatic carbocycles. The monoisotopic (exact) mass is 554 g/mol. The summed E-state index contributed by atoms with van der Waals surface area (Å²) in [5.41, 5.74) is -0.735. The standard InChI is InChI=1S/C29H38N4O7/c1-28(2,3)23(32-27(35)40-29(4,5)6)26(34)33-12-11-19(16-33)38-24-20-10-9-18(36-7)13-17(20)14-21(31-24)25-30-15-22(37-8)39-25/h9-10,13-15,19,23H,11-12,16H2,1-8H3,(H,32,35)/t19-,23-/m1/s1. The molecule has 40 heavy (non-hydrogen) atoms. The van der Waals surface area contributed by atoms with E-state index in [0.29, 0.717) is 36.8 Å². The summed E-state index contributed by atoms with van der Waals surface area (Å²) >= 11 is 0. The van der Waals surface area contributed by atoms with E-state index in [0.717, 1.165) is 10.8 Å². The van der Waals surface area contributed by atoms with Gasteiger partial charge >= 0.3 is 12.0 Å². The third-order valence-electron chi connectivity index (χ3n) is 6.42. The van der Waals surface area contributed by atoms with Crippen molar-refractivity contribution >= 4 is 22.8 Å². The summed E-state index contributed by atoms with van der Waals surface area (Å²) in [6.07, 6.45) is 1.15. The van der Waals surface area contributed by atoms with Crippen molar-refractivity contribution in [3.05, 3.63) is 30.5 Å². The molecule has 216 valence electrons. The molecule has 1 N–H and O–H groups in total. The maximum Gasteiger partial charge on any atom is 0.408 e. The molecular formula is C29H38N4O7. The van der Waals surface area contributed by atoms with Gasteiger partial charge < -0.3 is 33.6 Å². The molecule has 2 atom stereocenters. The molecule has 2 amide bonds. The lowest BCUT2D eigenvalue weighted by Gasteiger charge is -2.34. The van der Waals surface area contributed by atoms with E-state index in [4.69, 9.17) is 28.3 Å². The highest BCUT2D eigenvalue weighted by Gasteiger charge is 2.39. The van der Waals surface area contributed by atoms with Crippen LogP contribution in [-0.2, 0) is 9.53 Å². The highest BCUT2D eigenvalue weighted by atomic mass is 16.6. The van der Waals surface area contributed by atoms with Crippen molar-refractivity contribution in [1.82, 2.24) is 20.2 Å². The van der Waals surface area contributed by atoms with E-state index in [1.807, 2.05) is 45.0 Å². The molecule has 0 saturated carbocycles. The Bertz CT molecular complexity index is 1370. The van der Waals surface area contributed by atoms with Gasteiger partial charge in [0.25, 0.3) is 0 Å². The summed E-state index contributed by atoms with van der Waals surface area (Å²) in [7, 11) is 3.10. The van der Waals surface area contributed by atoms with Crippen molar-refractivity contribution in [2.24, 2.45) is 5.41 Å². The average Bonchev–Trinajstić information content (AvgIpc) is 3.54. The third-order valence-corrected chi connectivity index (χ3v) is 6.42. The molecule has 0 spiro atoms. The number of amides is 2. The number of methoxy groups -OCH3 is 2. The summed E-state index contributed by atoms with van der Waals surface area (Å²) < 4.78 is 28.0. The fourth-order valence-corrected chi connectivity index (χ4v) is 4.44. The largest absolute Gasteiger partial charge is 0.497 e. The average molecular weight is 555 g/mol. The fourth-order valence-electron chi connectivity index (χ4n) is 4.44. The molecule has 11 nitrogen and oxygen atoms in total. The van der Waals surface area contributed by atoms with Crippen LogP contribution in [0.1, 0.15) is 48.0 Å². The second-order valence-corrected chi connectivity index (χ2v) is 11.8. The minimum absolute atomic E-state index is 0.187. The SMILES string of the molecule is COc1ccc2c(O[C@@H]3CCN(C(=O)[C@@H](NC(=O)OC(C)(C)C)C(C)(C)C)C3)nc(-c3ncc(OC)o3)cc2c1. The van der Waals surface area contributed by atoms with Gasteiger partial charge in [0.1, 0.15) is 35.4 Å². The maximum atomic E-state index is 13.6. The number of fused-ring (bicyclic) bond motifs is 1. The van der Waals surface area contributed by atoms with Gasteiger partial charge in [0.05, 0.1) is 20.8 Å². The first kappa shape index (κ1) is 29.0. The lowest BCUT2D eigenvalue weighted by atomic mass is 9.86. The van der Waals surface area contributed by atoms with Crippen LogP contribution in [0.15, 0.2) is 34.9 Å². The number of pyridine rings is 1. The van der Waals surface area contributed by atoms with Gasteiger partial charge in [0.15, 0.2) is 0 Å². The van der Waals surface area contributed by atoms with Gasteiger partial charge in [-0.05, 0) is 55.8 Å². The Morgan fingerprint density at radius 3 is 2.48 bits per heavy atom. The molecule has 1 fully saturated rings. The van der Waals surface area contributed by atoms with Gasteiger partial charge in [-0.1, -0.05) is 20.8 Å². The van der Waals surface area contributed by atoms with Crippen LogP contribution in [0.5, 0.6) is 17.6 Å². The number of carbonyl (C=O) groups is 2. The summed E-state index contributed by atoms with van der Waals surface area (Å²) in [4.78, 5) is 36.8. The van der Waals surface area contributed by atoms with Crippen LogP contribution in [-0.4, -0.2) is 71.9 Å². The van der Waals surface area contributed by atoms with Crippen molar-refractivity contribution in [1.29, 1.82) is 0 Å². The highest BCUT2D eigenvalue weighted by Crippen LogP contribution is 2.34. The molecule has 4 rings (SSSR count). The number of rotatable bonds is 7. The van der Waals surface area contributed by atoms with E-state index >= 15 is 0 Å². The smallest absolute Gasteiger partial charge is 0.408 e. The molecule has 11 heteroatoms. The van der Waals surface area contributed by atoms with E-state index in [1.54, 1.807) is 32.8 Å². The summed E-state index contributed by atoms with van der Waals surface area (Å²) in [5.74, 6) is 1.45. The van der Waals surface area contributed by atoms with Crippen molar-refractivity contribution in [3.8, 4) is 29.2 Å². The van der Waals surface area contributed by atoms with Gasteiger partial charge in [-0.15, -0.1) is 0 Å². The minimum atomic E-state index is -0.768. The molecule has 1 aliphatic heterocycles. The van der Waals surface area contributed by atoms with Gasteiger partial charge in [-0.3, -0.25) is 4.79 Å². The van der Waals surface area contributed by atoms with Gasteiger partial charge in [-0.25, -0.2) is 14.8 Å². The van der Waals surface area contributed by atoms with Crippen molar-refractivity contribution in [2.75, 3.05) is 27.3 Å². The van der Waals surface area contributed by atoms with E-state index in [1.165, 1.54) is 13.3 Å². The molecule has 1 aromatic carbocycles. The number of hydrogen-bond donors (Lipinski definition) is 1. The Morgan fingerprint density at radius 1 is 1.10 bits per heavy atom. The van der Waals surface area contributed by atoms with Crippen LogP contribution >= 0.6 is 0 Å². The van der Waals surface area contributed by atoms with Crippen LogP contribution in [0.3, 0.4) is 0 Å². The van der Waals surface area contributed by atoms with E-state index in [9.17, 15) is 9.59 Å². The maximum absolute atomic E-state index is 13.6. The second-order valence-electron chi connectivity index (χ2n) is 11.8. The molecule has 0 unspecified atom stereocenters. The topological polar surface area (TPSA) is 125 Å². The Balaban J connectivity index is 1.55. The van der Waals surface area contributed by atoms with Crippen LogP contribution in [0.4, 0.5) is 4.79 Å². The zero-order valence-electron chi connectivity index (χ0n) is 24.4. The van der Waals surface area contributed by atoms with E-state index in [-0.39, 0.29) is 23.8 Å². The number of benzene rings is 1. The first-order chi connectivity index (χ1) is 18.8. The van der Waals surface area contributed by atoms with Gasteiger partial charge in [-0.2, -0.15) is 0 Å². The third kappa shape index (κ3) is 6.75. The highest BCUT2D eigenvalue weighted by molar-refractivity contribution is 5.90.